The molecule has 0 radical (unpaired) electrons. The topological polar surface area (TPSA) is 77.5 Å². The number of carbonyl (C=O) groups is 1. The summed E-state index contributed by atoms with van der Waals surface area (Å²) >= 11 is 0. The lowest BCUT2D eigenvalue weighted by Crippen LogP contribution is -3.11. The van der Waals surface area contributed by atoms with Crippen LogP contribution in [0.2, 0.25) is 0 Å². The molecule has 2 N–H and O–H groups in total. The molecule has 0 saturated heterocycles. The zero-order valence-corrected chi connectivity index (χ0v) is 15.8. The Morgan fingerprint density at radius 2 is 2.12 bits per heavy atom. The van der Waals surface area contributed by atoms with Crippen molar-refractivity contribution >= 4 is 11.9 Å². The highest BCUT2D eigenvalue weighted by atomic mass is 16.5. The molecule has 142 valence electrons. The first-order valence-corrected chi connectivity index (χ1v) is 8.98. The van der Waals surface area contributed by atoms with Crippen LogP contribution >= 0.6 is 0 Å². The largest absolute Gasteiger partial charge is 0.463 e. The van der Waals surface area contributed by atoms with Gasteiger partial charge in [0.2, 0.25) is 0 Å². The van der Waals surface area contributed by atoms with Gasteiger partial charge in [0.1, 0.15) is 6.61 Å². The first-order valence-electron chi connectivity index (χ1n) is 8.98. The van der Waals surface area contributed by atoms with Gasteiger partial charge in [0.25, 0.3) is 11.9 Å². The van der Waals surface area contributed by atoms with Crippen molar-refractivity contribution in [1.82, 2.24) is 5.32 Å². The van der Waals surface area contributed by atoms with Crippen molar-refractivity contribution < 1.29 is 23.6 Å². The molecule has 0 aliphatic heterocycles. The van der Waals surface area contributed by atoms with Crippen molar-refractivity contribution in [2.45, 2.75) is 39.7 Å². The summed E-state index contributed by atoms with van der Waals surface area (Å²) < 4.78 is 15.6. The molecule has 0 saturated carbocycles. The van der Waals surface area contributed by atoms with Crippen molar-refractivity contribution in [3.05, 3.63) is 24.2 Å². The highest BCUT2D eigenvalue weighted by Gasteiger charge is 2.14. The monoisotopic (exact) mass is 354 g/mol. The van der Waals surface area contributed by atoms with Crippen molar-refractivity contribution in [2.75, 3.05) is 40.0 Å². The fourth-order valence-electron chi connectivity index (χ4n) is 2.41. The predicted octanol–water partition coefficient (Wildman–Crippen LogP) is 1.12. The van der Waals surface area contributed by atoms with E-state index in [0.29, 0.717) is 13.2 Å². The molecule has 0 aromatic carbocycles. The fraction of sp³-hybridized carbons (Fsp3) is 0.667. The van der Waals surface area contributed by atoms with E-state index in [9.17, 15) is 4.79 Å². The molecule has 1 aromatic heterocycles. The van der Waals surface area contributed by atoms with Gasteiger partial charge in [0, 0.05) is 7.11 Å². The Kier molecular flexibility index (Phi) is 10.6. The van der Waals surface area contributed by atoms with E-state index in [1.807, 2.05) is 6.92 Å². The van der Waals surface area contributed by atoms with Crippen LogP contribution in [0.5, 0.6) is 0 Å². The number of methoxy groups -OCH3 is 1. The maximum atomic E-state index is 12.1. The van der Waals surface area contributed by atoms with Crippen LogP contribution in [-0.2, 0) is 9.47 Å². The summed E-state index contributed by atoms with van der Waals surface area (Å²) in [5.74, 6) is -0.151. The Labute approximate surface area is 150 Å². The van der Waals surface area contributed by atoms with Crippen LogP contribution in [0.15, 0.2) is 27.8 Å². The number of aliphatic imine (C=N–C) groups is 1. The van der Waals surface area contributed by atoms with Gasteiger partial charge >= 0.3 is 0 Å². The number of ether oxygens (including phenoxy) is 2. The second-order valence-corrected chi connectivity index (χ2v) is 5.91. The van der Waals surface area contributed by atoms with Crippen molar-refractivity contribution in [3.63, 3.8) is 0 Å². The number of quaternary nitrogens is 1. The zero-order chi connectivity index (χ0) is 18.5. The van der Waals surface area contributed by atoms with E-state index in [0.717, 1.165) is 32.5 Å². The van der Waals surface area contributed by atoms with Crippen LogP contribution in [0.1, 0.15) is 44.2 Å². The number of carbonyl (C=O) groups excluding carboxylic acids is 1. The fourth-order valence-corrected chi connectivity index (χ4v) is 2.41. The Morgan fingerprint density at radius 1 is 1.36 bits per heavy atom. The number of hydrogen-bond acceptors (Lipinski definition) is 5. The van der Waals surface area contributed by atoms with Gasteiger partial charge in [-0.05, 0) is 45.7 Å². The number of amides is 1. The Morgan fingerprint density at radius 3 is 2.72 bits per heavy atom. The molecule has 0 unspecified atom stereocenters. The van der Waals surface area contributed by atoms with Crippen LogP contribution in [0.4, 0.5) is 0 Å². The first kappa shape index (κ1) is 21.2. The number of hydrogen-bond donors (Lipinski definition) is 2. The van der Waals surface area contributed by atoms with E-state index >= 15 is 0 Å². The van der Waals surface area contributed by atoms with E-state index < -0.39 is 0 Å². The minimum Gasteiger partial charge on any atom is -0.463 e. The van der Waals surface area contributed by atoms with Crippen molar-refractivity contribution in [2.24, 2.45) is 4.99 Å². The summed E-state index contributed by atoms with van der Waals surface area (Å²) in [7, 11) is 1.60. The van der Waals surface area contributed by atoms with Gasteiger partial charge < -0.3 is 18.8 Å². The average molecular weight is 354 g/mol. The summed E-state index contributed by atoms with van der Waals surface area (Å²) in [5.41, 5.74) is 0. The molecule has 0 aliphatic carbocycles. The maximum Gasteiger partial charge on any atom is 0.294 e. The minimum atomic E-state index is -0.374. The first-order chi connectivity index (χ1) is 12.1. The molecule has 1 atom stereocenters. The standard InChI is InChI=1S/C18H31N3O4/c1-5-21(6-2)11-7-9-15(3)19-18(25-14-13-23-4)20-17(22)16-10-8-12-24-16/h8,10,12,15H,5-7,9,11,13-14H2,1-4H3,(H,19,20,22)/p+1/t15-/m1/s1. The molecule has 0 spiro atoms. The van der Waals surface area contributed by atoms with E-state index in [1.54, 1.807) is 24.1 Å². The molecule has 0 fully saturated rings. The van der Waals surface area contributed by atoms with Gasteiger partial charge in [0.15, 0.2) is 5.76 Å². The zero-order valence-electron chi connectivity index (χ0n) is 15.8. The molecule has 0 bridgehead atoms. The van der Waals surface area contributed by atoms with Gasteiger partial charge in [-0.2, -0.15) is 0 Å². The predicted molar refractivity (Wildman–Crippen MR) is 97.0 cm³/mol. The van der Waals surface area contributed by atoms with Crippen molar-refractivity contribution in [3.8, 4) is 0 Å². The Bertz CT molecular complexity index is 498. The second kappa shape index (κ2) is 12.5. The van der Waals surface area contributed by atoms with E-state index in [1.165, 1.54) is 6.26 Å². The quantitative estimate of drug-likeness (QED) is 0.355. The third-order valence-corrected chi connectivity index (χ3v) is 3.98. The number of rotatable bonds is 11. The summed E-state index contributed by atoms with van der Waals surface area (Å²) in [6.07, 6.45) is 3.48. The van der Waals surface area contributed by atoms with Gasteiger partial charge in [-0.15, -0.1) is 0 Å². The SMILES string of the molecule is CC[NH+](CC)CCC[C@@H](C)N=C(NC(=O)c1ccco1)OCCOC. The van der Waals surface area contributed by atoms with E-state index in [-0.39, 0.29) is 23.7 Å². The number of amidine groups is 1. The lowest BCUT2D eigenvalue weighted by molar-refractivity contribution is -0.896. The maximum absolute atomic E-state index is 12.1. The van der Waals surface area contributed by atoms with Gasteiger partial charge in [-0.1, -0.05) is 0 Å². The molecular formula is C18H32N3O4+. The van der Waals surface area contributed by atoms with E-state index in [2.05, 4.69) is 24.2 Å². The summed E-state index contributed by atoms with van der Waals surface area (Å²) in [6, 6.07) is 3.53. The Balaban J connectivity index is 2.56. The lowest BCUT2D eigenvalue weighted by Gasteiger charge is -2.16. The summed E-state index contributed by atoms with van der Waals surface area (Å²) in [6.45, 7) is 10.6. The molecule has 1 amide bonds. The molecular weight excluding hydrogens is 322 g/mol. The highest BCUT2D eigenvalue weighted by Crippen LogP contribution is 2.03. The molecule has 1 rings (SSSR count). The third kappa shape index (κ3) is 8.69. The average Bonchev–Trinajstić information content (AvgIpc) is 3.13. The van der Waals surface area contributed by atoms with Crippen LogP contribution in [0, 0.1) is 0 Å². The highest BCUT2D eigenvalue weighted by molar-refractivity contribution is 6.02. The number of nitrogens with one attached hydrogen (secondary N) is 2. The lowest BCUT2D eigenvalue weighted by atomic mass is 10.2. The van der Waals surface area contributed by atoms with E-state index in [4.69, 9.17) is 13.9 Å². The molecule has 7 nitrogen and oxygen atoms in total. The summed E-state index contributed by atoms with van der Waals surface area (Å²) in [5, 5.41) is 2.67. The van der Waals surface area contributed by atoms with Gasteiger partial charge in [0.05, 0.1) is 38.5 Å². The number of nitrogens with zero attached hydrogens (tertiary/aromatic N) is 1. The van der Waals surface area contributed by atoms with Gasteiger partial charge in [-0.25, -0.2) is 4.99 Å². The van der Waals surface area contributed by atoms with Crippen molar-refractivity contribution in [1.29, 1.82) is 0 Å². The molecule has 1 heterocycles. The van der Waals surface area contributed by atoms with Crippen LogP contribution < -0.4 is 10.2 Å². The third-order valence-electron chi connectivity index (χ3n) is 3.98. The smallest absolute Gasteiger partial charge is 0.294 e. The minimum absolute atomic E-state index is 0.0596. The van der Waals surface area contributed by atoms with Gasteiger partial charge in [-0.3, -0.25) is 10.1 Å². The normalized spacial score (nSPS) is 13.1. The van der Waals surface area contributed by atoms with Crippen LogP contribution in [0.3, 0.4) is 0 Å². The second-order valence-electron chi connectivity index (χ2n) is 5.91. The molecule has 1 aromatic rings. The molecule has 0 aliphatic rings. The molecule has 25 heavy (non-hydrogen) atoms. The number of furan rings is 1. The Hall–Kier alpha value is -1.86. The summed E-state index contributed by atoms with van der Waals surface area (Å²) in [4.78, 5) is 18.2. The molecule has 7 heteroatoms. The van der Waals surface area contributed by atoms with Crippen LogP contribution in [-0.4, -0.2) is 57.9 Å². The van der Waals surface area contributed by atoms with Crippen LogP contribution in [0.25, 0.3) is 0 Å².